The molecule has 11 nitrogen and oxygen atoms in total. The van der Waals surface area contributed by atoms with Crippen LogP contribution in [0.2, 0.25) is 0 Å². The predicted molar refractivity (Wildman–Crippen MR) is 121 cm³/mol. The molecule has 2 aliphatic rings. The number of benzene rings is 2. The minimum absolute atomic E-state index is 0.0850. The van der Waals surface area contributed by atoms with Gasteiger partial charge in [0.1, 0.15) is 29.7 Å². The summed E-state index contributed by atoms with van der Waals surface area (Å²) in [4.78, 5) is 14.4. The van der Waals surface area contributed by atoms with Crippen molar-refractivity contribution in [2.45, 2.75) is 24.3 Å². The lowest BCUT2D eigenvalue weighted by atomic mass is 10.1. The Bertz CT molecular complexity index is 1120. The van der Waals surface area contributed by atoms with Crippen molar-refractivity contribution in [3.8, 4) is 17.5 Å². The number of para-hydroxylation sites is 1. The highest BCUT2D eigenvalue weighted by Crippen LogP contribution is 2.36. The zero-order valence-electron chi connectivity index (χ0n) is 18.9. The first-order chi connectivity index (χ1) is 16.6. The van der Waals surface area contributed by atoms with E-state index in [4.69, 9.17) is 18.9 Å². The number of hydrogen-bond acceptors (Lipinski definition) is 9. The summed E-state index contributed by atoms with van der Waals surface area (Å²) >= 11 is 0. The van der Waals surface area contributed by atoms with Gasteiger partial charge in [0.05, 0.1) is 19.3 Å². The molecule has 178 valence electrons. The molecule has 3 heterocycles. The number of aromatic nitrogens is 4. The summed E-state index contributed by atoms with van der Waals surface area (Å²) in [6, 6.07) is 16.5. The van der Waals surface area contributed by atoms with Crippen LogP contribution in [0.4, 0.5) is 5.69 Å². The van der Waals surface area contributed by atoms with Crippen molar-refractivity contribution in [1.29, 1.82) is 0 Å². The summed E-state index contributed by atoms with van der Waals surface area (Å²) in [5, 5.41) is 14.9. The van der Waals surface area contributed by atoms with Gasteiger partial charge < -0.3 is 29.2 Å². The average molecular weight is 466 g/mol. The Labute approximate surface area is 196 Å². The second kappa shape index (κ2) is 9.65. The zero-order valence-corrected chi connectivity index (χ0v) is 18.9. The predicted octanol–water partition coefficient (Wildman–Crippen LogP) is 1.43. The molecular weight excluding hydrogens is 440 g/mol. The first-order valence-electron chi connectivity index (χ1n) is 11.0. The van der Waals surface area contributed by atoms with Crippen molar-refractivity contribution < 1.29 is 23.7 Å². The molecule has 0 radical (unpaired) electrons. The number of nitrogens with one attached hydrogen (secondary N) is 1. The average Bonchev–Trinajstić information content (AvgIpc) is 3.56. The van der Waals surface area contributed by atoms with Gasteiger partial charge in [-0.1, -0.05) is 29.4 Å². The number of hydrogen-bond donors (Lipinski definition) is 1. The minimum Gasteiger partial charge on any atom is -0.484 e. The maximum atomic E-state index is 12.4. The van der Waals surface area contributed by atoms with Crippen LogP contribution in [-0.4, -0.2) is 78.3 Å². The smallest absolute Gasteiger partial charge is 0.341 e. The number of amides is 1. The van der Waals surface area contributed by atoms with Crippen LogP contribution in [0.15, 0.2) is 54.6 Å². The molecule has 0 unspecified atom stereocenters. The number of tetrazole rings is 1. The number of carbonyl (C=O) groups excluding carboxylic acids is 1. The molecule has 4 atom stereocenters. The largest absolute Gasteiger partial charge is 0.484 e. The summed E-state index contributed by atoms with van der Waals surface area (Å²) in [5.74, 6) is 1.02. The fourth-order valence-electron chi connectivity index (χ4n) is 4.12. The van der Waals surface area contributed by atoms with Gasteiger partial charge >= 0.3 is 6.01 Å². The summed E-state index contributed by atoms with van der Waals surface area (Å²) < 4.78 is 25.0. The van der Waals surface area contributed by atoms with E-state index < -0.39 is 0 Å². The number of fused-ring (bicyclic) bond motifs is 1. The van der Waals surface area contributed by atoms with Gasteiger partial charge in [-0.25, -0.2) is 0 Å². The van der Waals surface area contributed by atoms with E-state index in [-0.39, 0.29) is 42.8 Å². The van der Waals surface area contributed by atoms with Gasteiger partial charge in [-0.3, -0.25) is 4.79 Å². The summed E-state index contributed by atoms with van der Waals surface area (Å²) in [5.41, 5.74) is 0.995. The topological polar surface area (TPSA) is 113 Å². The molecule has 2 fully saturated rings. The number of carbonyl (C=O) groups is 1. The number of ether oxygens (including phenoxy) is 4. The normalized spacial score (nSPS) is 23.4. The first-order valence-corrected chi connectivity index (χ1v) is 11.0. The molecule has 1 amide bonds. The fraction of sp³-hybridized carbons (Fsp3) is 0.391. The molecule has 0 saturated carbocycles. The van der Waals surface area contributed by atoms with Gasteiger partial charge in [0, 0.05) is 25.8 Å². The number of rotatable bonds is 8. The highest BCUT2D eigenvalue weighted by Gasteiger charge is 2.50. The quantitative estimate of drug-likeness (QED) is 0.527. The molecule has 2 aliphatic heterocycles. The molecule has 2 aromatic carbocycles. The molecular formula is C23H26N6O5. The van der Waals surface area contributed by atoms with Gasteiger partial charge in [-0.2, -0.15) is 4.68 Å². The van der Waals surface area contributed by atoms with E-state index in [0.717, 1.165) is 5.69 Å². The van der Waals surface area contributed by atoms with E-state index >= 15 is 0 Å². The van der Waals surface area contributed by atoms with E-state index in [1.807, 2.05) is 61.5 Å². The molecule has 11 heteroatoms. The van der Waals surface area contributed by atoms with Crippen molar-refractivity contribution in [2.75, 3.05) is 38.8 Å². The Balaban J connectivity index is 1.21. The van der Waals surface area contributed by atoms with Gasteiger partial charge in [-0.05, 0) is 34.7 Å². The van der Waals surface area contributed by atoms with Crippen LogP contribution in [0.3, 0.4) is 0 Å². The molecule has 0 aliphatic carbocycles. The molecule has 0 spiro atoms. The summed E-state index contributed by atoms with van der Waals surface area (Å²) in [6.45, 7) is 0.575. The lowest BCUT2D eigenvalue weighted by Crippen LogP contribution is -2.45. The van der Waals surface area contributed by atoms with Crippen LogP contribution in [0, 0.1) is 0 Å². The number of anilines is 1. The van der Waals surface area contributed by atoms with Gasteiger partial charge in [0.2, 0.25) is 0 Å². The van der Waals surface area contributed by atoms with Crippen LogP contribution in [0.25, 0.3) is 0 Å². The van der Waals surface area contributed by atoms with E-state index in [2.05, 4.69) is 20.8 Å². The van der Waals surface area contributed by atoms with Crippen molar-refractivity contribution >= 4 is 11.6 Å². The summed E-state index contributed by atoms with van der Waals surface area (Å²) in [6.07, 6.45) is -0.640. The molecule has 34 heavy (non-hydrogen) atoms. The van der Waals surface area contributed by atoms with E-state index in [0.29, 0.717) is 24.7 Å². The van der Waals surface area contributed by atoms with Crippen molar-refractivity contribution in [3.63, 3.8) is 0 Å². The molecule has 5 rings (SSSR count). The fourth-order valence-corrected chi connectivity index (χ4v) is 4.12. The maximum absolute atomic E-state index is 12.4. The Morgan fingerprint density at radius 3 is 2.71 bits per heavy atom. The van der Waals surface area contributed by atoms with Crippen molar-refractivity contribution in [1.82, 2.24) is 25.5 Å². The van der Waals surface area contributed by atoms with Gasteiger partial charge in [0.15, 0.2) is 6.61 Å². The lowest BCUT2D eigenvalue weighted by molar-refractivity contribution is -0.124. The van der Waals surface area contributed by atoms with Crippen LogP contribution in [-0.2, 0) is 14.3 Å². The van der Waals surface area contributed by atoms with Crippen LogP contribution in [0.5, 0.6) is 17.5 Å². The van der Waals surface area contributed by atoms with Gasteiger partial charge in [-0.15, -0.1) is 0 Å². The minimum atomic E-state index is -0.320. The van der Waals surface area contributed by atoms with Crippen molar-refractivity contribution in [3.05, 3.63) is 54.6 Å². The van der Waals surface area contributed by atoms with E-state index in [1.165, 1.54) is 0 Å². The molecule has 3 aromatic rings. The second-order valence-electron chi connectivity index (χ2n) is 8.34. The first kappa shape index (κ1) is 22.1. The molecule has 1 aromatic heterocycles. The van der Waals surface area contributed by atoms with E-state index in [1.54, 1.807) is 16.8 Å². The third-order valence-electron chi connectivity index (χ3n) is 5.81. The molecule has 1 N–H and O–H groups in total. The Morgan fingerprint density at radius 1 is 1.09 bits per heavy atom. The third kappa shape index (κ3) is 4.66. The molecule has 2 saturated heterocycles. The Hall–Kier alpha value is -3.70. The maximum Gasteiger partial charge on any atom is 0.341 e. The van der Waals surface area contributed by atoms with Crippen LogP contribution < -0.4 is 19.7 Å². The highest BCUT2D eigenvalue weighted by atomic mass is 16.6. The van der Waals surface area contributed by atoms with E-state index in [9.17, 15) is 4.79 Å². The van der Waals surface area contributed by atoms with Crippen LogP contribution in [0.1, 0.15) is 6.04 Å². The lowest BCUT2D eigenvalue weighted by Gasteiger charge is -2.18. The zero-order chi connectivity index (χ0) is 23.5. The third-order valence-corrected chi connectivity index (χ3v) is 5.81. The standard InChI is InChI=1S/C23H26N6O5/c1-28(2)15-7-6-10-17(11-15)34-23-25-26-27-29(23)19-13-33-21-18(12-32-22(19)21)24-20(30)14-31-16-8-4-3-5-9-16/h3-11,18-19,21-22H,12-14H2,1-2H3,(H,24,30)/t18-,19+,21-,22+/m0/s1. The monoisotopic (exact) mass is 466 g/mol. The number of nitrogens with zero attached hydrogens (tertiary/aromatic N) is 5. The summed E-state index contributed by atoms with van der Waals surface area (Å²) in [7, 11) is 3.92. The Kier molecular flexibility index (Phi) is 6.28. The highest BCUT2D eigenvalue weighted by molar-refractivity contribution is 5.78. The SMILES string of the molecule is CN(C)c1cccc(Oc2nnnn2[C@@H]2CO[C@@H]3[C@@H]2OC[C@@H]3NC(=O)COc2ccccc2)c1. The molecule has 0 bridgehead atoms. The van der Waals surface area contributed by atoms with Gasteiger partial charge in [0.25, 0.3) is 5.91 Å². The van der Waals surface area contributed by atoms with Crippen molar-refractivity contribution in [2.24, 2.45) is 0 Å². The second-order valence-corrected chi connectivity index (χ2v) is 8.34. The Morgan fingerprint density at radius 2 is 1.88 bits per heavy atom. The van der Waals surface area contributed by atoms with Crippen LogP contribution >= 0.6 is 0 Å².